The molecule has 1 rings (SSSR count). The first-order valence-electron chi connectivity index (χ1n) is 5.00. The highest BCUT2D eigenvalue weighted by atomic mass is 32.2. The van der Waals surface area contributed by atoms with Crippen LogP contribution in [0.2, 0.25) is 0 Å². The molecule has 0 spiro atoms. The van der Waals surface area contributed by atoms with Crippen LogP contribution >= 0.6 is 0 Å². The summed E-state index contributed by atoms with van der Waals surface area (Å²) in [4.78, 5) is -1.15. The third kappa shape index (κ3) is 4.10. The van der Waals surface area contributed by atoms with Gasteiger partial charge in [0.05, 0.1) is 4.90 Å². The number of primary sulfonamides is 1. The third-order valence-electron chi connectivity index (χ3n) is 2.09. The number of nitrogens with one attached hydrogen (secondary N) is 1. The van der Waals surface area contributed by atoms with Gasteiger partial charge in [0.2, 0.25) is 20.0 Å². The second kappa shape index (κ2) is 5.37. The van der Waals surface area contributed by atoms with Crippen LogP contribution in [0.4, 0.5) is 4.39 Å². The van der Waals surface area contributed by atoms with E-state index in [-0.39, 0.29) is 6.54 Å². The maximum Gasteiger partial charge on any atom is 0.243 e. The molecule has 0 unspecified atom stereocenters. The first kappa shape index (κ1) is 15.8. The van der Waals surface area contributed by atoms with Crippen molar-refractivity contribution in [2.45, 2.75) is 16.7 Å². The van der Waals surface area contributed by atoms with Gasteiger partial charge in [0, 0.05) is 6.54 Å². The molecule has 106 valence electrons. The Balaban J connectivity index is 3.20. The van der Waals surface area contributed by atoms with E-state index in [1.165, 1.54) is 0 Å². The third-order valence-corrected chi connectivity index (χ3v) is 4.43. The molecule has 0 saturated heterocycles. The number of sulfonamides is 2. The predicted octanol–water partition coefficient (Wildman–Crippen LogP) is 0.328. The molecular weight excluding hydrogens is 295 g/mol. The van der Waals surface area contributed by atoms with Crippen LogP contribution in [0, 0.1) is 5.82 Å². The van der Waals surface area contributed by atoms with Gasteiger partial charge in [-0.3, -0.25) is 0 Å². The molecule has 0 saturated carbocycles. The molecule has 1 aromatic rings. The molecule has 0 aliphatic rings. The van der Waals surface area contributed by atoms with Crippen LogP contribution in [0.1, 0.15) is 6.92 Å². The Kier molecular flexibility index (Phi) is 4.46. The smallest absolute Gasteiger partial charge is 0.225 e. The van der Waals surface area contributed by atoms with Crippen molar-refractivity contribution in [3.63, 3.8) is 0 Å². The summed E-state index contributed by atoms with van der Waals surface area (Å²) < 4.78 is 61.2. The molecule has 0 aromatic heterocycles. The Morgan fingerprint density at radius 1 is 1.37 bits per heavy atom. The van der Waals surface area contributed by atoms with Crippen molar-refractivity contribution < 1.29 is 21.2 Å². The summed E-state index contributed by atoms with van der Waals surface area (Å²) in [5.74, 6) is -1.19. The molecule has 0 aliphatic carbocycles. The van der Waals surface area contributed by atoms with E-state index >= 15 is 0 Å². The summed E-state index contributed by atoms with van der Waals surface area (Å²) in [5, 5.41) is 4.81. The molecule has 19 heavy (non-hydrogen) atoms. The van der Waals surface area contributed by atoms with E-state index in [0.29, 0.717) is 11.6 Å². The molecule has 6 nitrogen and oxygen atoms in total. The van der Waals surface area contributed by atoms with Gasteiger partial charge in [-0.05, 0) is 25.1 Å². The monoisotopic (exact) mass is 308 g/mol. The normalized spacial score (nSPS) is 12.4. The fourth-order valence-corrected chi connectivity index (χ4v) is 2.85. The van der Waals surface area contributed by atoms with Crippen LogP contribution in [-0.4, -0.2) is 23.4 Å². The molecule has 1 aromatic carbocycles. The summed E-state index contributed by atoms with van der Waals surface area (Å²) in [7, 11) is -8.15. The zero-order chi connectivity index (χ0) is 14.8. The molecule has 0 amide bonds. The molecule has 0 atom stereocenters. The van der Waals surface area contributed by atoms with Gasteiger partial charge in [-0.15, -0.1) is 0 Å². The Labute approximate surface area is 111 Å². The van der Waals surface area contributed by atoms with E-state index in [1.54, 1.807) is 6.92 Å². The molecule has 0 heterocycles. The fraction of sp³-hybridized carbons (Fsp3) is 0.200. The number of hydrogen-bond donors (Lipinski definition) is 2. The van der Waals surface area contributed by atoms with Gasteiger partial charge < -0.3 is 0 Å². The van der Waals surface area contributed by atoms with Crippen LogP contribution < -0.4 is 9.86 Å². The molecule has 0 bridgehead atoms. The van der Waals surface area contributed by atoms with Gasteiger partial charge in [-0.25, -0.2) is 31.1 Å². The van der Waals surface area contributed by atoms with Crippen LogP contribution in [0.3, 0.4) is 0 Å². The molecule has 0 aliphatic heterocycles. The Morgan fingerprint density at radius 3 is 2.37 bits per heavy atom. The predicted molar refractivity (Wildman–Crippen MR) is 67.8 cm³/mol. The van der Waals surface area contributed by atoms with Crippen LogP contribution in [0.5, 0.6) is 0 Å². The van der Waals surface area contributed by atoms with E-state index in [2.05, 4.69) is 11.3 Å². The maximum atomic E-state index is 13.6. The maximum absolute atomic E-state index is 13.6. The van der Waals surface area contributed by atoms with Gasteiger partial charge >= 0.3 is 0 Å². The first-order chi connectivity index (χ1) is 8.54. The molecule has 3 N–H and O–H groups in total. The van der Waals surface area contributed by atoms with Gasteiger partial charge in [0.15, 0.2) is 0 Å². The highest BCUT2D eigenvalue weighted by molar-refractivity contribution is 7.89. The Hall–Kier alpha value is -1.29. The molecule has 9 heteroatoms. The number of halogens is 1. The van der Waals surface area contributed by atoms with E-state index in [9.17, 15) is 21.2 Å². The average Bonchev–Trinajstić information content (AvgIpc) is 2.25. The minimum atomic E-state index is -4.08. The molecule has 0 radical (unpaired) electrons. The summed E-state index contributed by atoms with van der Waals surface area (Å²) in [6.45, 7) is 5.06. The second-order valence-electron chi connectivity index (χ2n) is 3.92. The lowest BCUT2D eigenvalue weighted by molar-refractivity contribution is 0.554. The summed E-state index contributed by atoms with van der Waals surface area (Å²) in [6.07, 6.45) is 0. The van der Waals surface area contributed by atoms with Crippen molar-refractivity contribution in [3.05, 3.63) is 36.2 Å². The van der Waals surface area contributed by atoms with Crippen molar-refractivity contribution in [2.75, 3.05) is 6.54 Å². The topological polar surface area (TPSA) is 106 Å². The summed E-state index contributed by atoms with van der Waals surface area (Å²) in [6, 6.07) is 2.33. The molecule has 0 fully saturated rings. The van der Waals surface area contributed by atoms with Gasteiger partial charge in [-0.2, -0.15) is 0 Å². The van der Waals surface area contributed by atoms with Crippen LogP contribution in [0.25, 0.3) is 0 Å². The number of benzene rings is 1. The number of rotatable bonds is 5. The van der Waals surface area contributed by atoms with Crippen molar-refractivity contribution in [1.29, 1.82) is 0 Å². The van der Waals surface area contributed by atoms with E-state index in [1.807, 2.05) is 0 Å². The largest absolute Gasteiger partial charge is 0.243 e. The number of nitrogens with two attached hydrogens (primary N) is 1. The summed E-state index contributed by atoms with van der Waals surface area (Å²) >= 11 is 0. The van der Waals surface area contributed by atoms with Crippen LogP contribution in [0.15, 0.2) is 40.1 Å². The SMILES string of the molecule is C=C(C)CNS(=O)(=O)c1ccc(S(N)(=O)=O)cc1F. The Bertz CT molecular complexity index is 711. The second-order valence-corrected chi connectivity index (χ2v) is 7.22. The fourth-order valence-electron chi connectivity index (χ4n) is 1.17. The number of hydrogen-bond acceptors (Lipinski definition) is 4. The van der Waals surface area contributed by atoms with Crippen molar-refractivity contribution in [3.8, 4) is 0 Å². The van der Waals surface area contributed by atoms with Crippen molar-refractivity contribution in [1.82, 2.24) is 4.72 Å². The van der Waals surface area contributed by atoms with Gasteiger partial charge in [0.1, 0.15) is 10.7 Å². The standard InChI is InChI=1S/C10H13FN2O4S2/c1-7(2)6-13-19(16,17)10-4-3-8(5-9(10)11)18(12,14)15/h3-5,13H,1,6H2,2H3,(H2,12,14,15). The highest BCUT2D eigenvalue weighted by Gasteiger charge is 2.20. The van der Waals surface area contributed by atoms with E-state index in [0.717, 1.165) is 12.1 Å². The lowest BCUT2D eigenvalue weighted by Crippen LogP contribution is -2.26. The zero-order valence-electron chi connectivity index (χ0n) is 10.1. The Morgan fingerprint density at radius 2 is 1.95 bits per heavy atom. The zero-order valence-corrected chi connectivity index (χ0v) is 11.7. The minimum Gasteiger partial charge on any atom is -0.225 e. The highest BCUT2D eigenvalue weighted by Crippen LogP contribution is 2.18. The first-order valence-corrected chi connectivity index (χ1v) is 8.03. The minimum absolute atomic E-state index is 0.0429. The van der Waals surface area contributed by atoms with Crippen molar-refractivity contribution in [2.24, 2.45) is 5.14 Å². The van der Waals surface area contributed by atoms with Crippen molar-refractivity contribution >= 4 is 20.0 Å². The summed E-state index contributed by atoms with van der Waals surface area (Å²) in [5.41, 5.74) is 0.546. The van der Waals surface area contributed by atoms with E-state index < -0.39 is 35.7 Å². The van der Waals surface area contributed by atoms with Crippen LogP contribution in [-0.2, 0) is 20.0 Å². The molecular formula is C10H13FN2O4S2. The lowest BCUT2D eigenvalue weighted by atomic mass is 10.3. The van der Waals surface area contributed by atoms with Gasteiger partial charge in [-0.1, -0.05) is 12.2 Å². The quantitative estimate of drug-likeness (QED) is 0.764. The lowest BCUT2D eigenvalue weighted by Gasteiger charge is -2.08. The average molecular weight is 308 g/mol. The van der Waals surface area contributed by atoms with Gasteiger partial charge in [0.25, 0.3) is 0 Å². The van der Waals surface area contributed by atoms with E-state index in [4.69, 9.17) is 5.14 Å².